The quantitative estimate of drug-likeness (QED) is 0.755. The number of carbonyl (C=O) groups excluding carboxylic acids is 1. The molecule has 0 saturated heterocycles. The van der Waals surface area contributed by atoms with Gasteiger partial charge in [0.25, 0.3) is 5.91 Å². The van der Waals surface area contributed by atoms with Gasteiger partial charge in [0.1, 0.15) is 5.82 Å². The molecule has 0 spiro atoms. The highest BCUT2D eigenvalue weighted by molar-refractivity contribution is 5.94. The standard InChI is InChI=1S/C17H23N5O/c1-2-19-17(23)15-5-3-13(4-6-15)9-18-10-14-11-20-16-7-8-21-22(16)12-14/h3-8,14,18,20H,2,9-12H2,1H3,(H,19,23)/t14-/m1/s1. The van der Waals surface area contributed by atoms with Crippen LogP contribution in [0.25, 0.3) is 0 Å². The van der Waals surface area contributed by atoms with Crippen molar-refractivity contribution >= 4 is 11.7 Å². The first-order valence-corrected chi connectivity index (χ1v) is 8.10. The molecular formula is C17H23N5O. The molecule has 0 unspecified atom stereocenters. The molecule has 1 aromatic carbocycles. The van der Waals surface area contributed by atoms with Crippen LogP contribution in [0.1, 0.15) is 22.8 Å². The lowest BCUT2D eigenvalue weighted by atomic mass is 10.1. The van der Waals surface area contributed by atoms with Gasteiger partial charge in [-0.15, -0.1) is 0 Å². The largest absolute Gasteiger partial charge is 0.370 e. The number of benzene rings is 1. The van der Waals surface area contributed by atoms with Gasteiger partial charge in [0, 0.05) is 50.3 Å². The maximum Gasteiger partial charge on any atom is 0.251 e. The van der Waals surface area contributed by atoms with Crippen LogP contribution in [0.5, 0.6) is 0 Å². The lowest BCUT2D eigenvalue weighted by Crippen LogP contribution is -2.35. The summed E-state index contributed by atoms with van der Waals surface area (Å²) in [4.78, 5) is 11.7. The van der Waals surface area contributed by atoms with Crippen LogP contribution in [0.3, 0.4) is 0 Å². The minimum Gasteiger partial charge on any atom is -0.370 e. The number of fused-ring (bicyclic) bond motifs is 1. The van der Waals surface area contributed by atoms with Gasteiger partial charge >= 0.3 is 0 Å². The summed E-state index contributed by atoms with van der Waals surface area (Å²) in [5, 5.41) is 14.0. The average Bonchev–Trinajstić information content (AvgIpc) is 3.03. The van der Waals surface area contributed by atoms with Gasteiger partial charge in [-0.3, -0.25) is 4.79 Å². The minimum absolute atomic E-state index is 0.0182. The molecule has 0 saturated carbocycles. The van der Waals surface area contributed by atoms with E-state index in [0.29, 0.717) is 18.0 Å². The number of aromatic nitrogens is 2. The predicted molar refractivity (Wildman–Crippen MR) is 90.4 cm³/mol. The zero-order valence-corrected chi connectivity index (χ0v) is 13.4. The molecule has 6 nitrogen and oxygen atoms in total. The lowest BCUT2D eigenvalue weighted by Gasteiger charge is -2.25. The second-order valence-corrected chi connectivity index (χ2v) is 5.83. The molecule has 1 amide bonds. The van der Waals surface area contributed by atoms with Gasteiger partial charge in [0.2, 0.25) is 0 Å². The molecule has 0 radical (unpaired) electrons. The Balaban J connectivity index is 1.45. The molecular weight excluding hydrogens is 290 g/mol. The van der Waals surface area contributed by atoms with Crippen molar-refractivity contribution in [2.75, 3.05) is 25.0 Å². The SMILES string of the molecule is CCNC(=O)c1ccc(CNC[C@@H]2CNc3ccnn3C2)cc1. The molecule has 0 bridgehead atoms. The summed E-state index contributed by atoms with van der Waals surface area (Å²) in [6.45, 7) is 6.22. The molecule has 2 heterocycles. The van der Waals surface area contributed by atoms with E-state index in [2.05, 4.69) is 21.0 Å². The lowest BCUT2D eigenvalue weighted by molar-refractivity contribution is 0.0956. The van der Waals surface area contributed by atoms with Crippen molar-refractivity contribution < 1.29 is 4.79 Å². The Morgan fingerprint density at radius 1 is 1.35 bits per heavy atom. The second kappa shape index (κ2) is 7.28. The number of nitrogens with one attached hydrogen (secondary N) is 3. The van der Waals surface area contributed by atoms with Crippen molar-refractivity contribution in [3.8, 4) is 0 Å². The summed E-state index contributed by atoms with van der Waals surface area (Å²) in [5.74, 6) is 1.61. The number of anilines is 1. The van der Waals surface area contributed by atoms with Gasteiger partial charge in [-0.2, -0.15) is 5.10 Å². The molecule has 1 atom stereocenters. The van der Waals surface area contributed by atoms with Crippen LogP contribution in [0, 0.1) is 5.92 Å². The number of carbonyl (C=O) groups is 1. The molecule has 3 rings (SSSR count). The van der Waals surface area contributed by atoms with Crippen LogP contribution in [0.2, 0.25) is 0 Å². The van der Waals surface area contributed by atoms with Crippen LogP contribution < -0.4 is 16.0 Å². The van der Waals surface area contributed by atoms with E-state index in [0.717, 1.165) is 32.0 Å². The Bertz CT molecular complexity index is 649. The first-order chi connectivity index (χ1) is 11.3. The van der Waals surface area contributed by atoms with Crippen molar-refractivity contribution in [2.24, 2.45) is 5.92 Å². The van der Waals surface area contributed by atoms with E-state index in [1.807, 2.05) is 48.1 Å². The summed E-state index contributed by atoms with van der Waals surface area (Å²) in [7, 11) is 0. The van der Waals surface area contributed by atoms with Crippen molar-refractivity contribution in [1.82, 2.24) is 20.4 Å². The topological polar surface area (TPSA) is 71.0 Å². The summed E-state index contributed by atoms with van der Waals surface area (Å²) in [6, 6.07) is 9.75. The van der Waals surface area contributed by atoms with Crippen molar-refractivity contribution in [3.05, 3.63) is 47.7 Å². The van der Waals surface area contributed by atoms with Crippen LogP contribution in [0.4, 0.5) is 5.82 Å². The summed E-state index contributed by atoms with van der Waals surface area (Å²) in [6.07, 6.45) is 1.83. The Hall–Kier alpha value is -2.34. The van der Waals surface area contributed by atoms with E-state index in [1.165, 1.54) is 5.56 Å². The van der Waals surface area contributed by atoms with Gasteiger partial charge in [0.15, 0.2) is 0 Å². The number of rotatable bonds is 6. The minimum atomic E-state index is -0.0182. The Morgan fingerprint density at radius 3 is 2.96 bits per heavy atom. The van der Waals surface area contributed by atoms with E-state index in [9.17, 15) is 4.79 Å². The van der Waals surface area contributed by atoms with Gasteiger partial charge in [-0.05, 0) is 24.6 Å². The summed E-state index contributed by atoms with van der Waals surface area (Å²) in [5.41, 5.74) is 1.89. The van der Waals surface area contributed by atoms with Gasteiger partial charge in [-0.1, -0.05) is 12.1 Å². The second-order valence-electron chi connectivity index (χ2n) is 5.83. The molecule has 6 heteroatoms. The fourth-order valence-corrected chi connectivity index (χ4v) is 2.78. The molecule has 2 aromatic rings. The molecule has 1 aromatic heterocycles. The van der Waals surface area contributed by atoms with Gasteiger partial charge in [0.05, 0.1) is 6.20 Å². The monoisotopic (exact) mass is 313 g/mol. The molecule has 0 aliphatic carbocycles. The molecule has 0 fully saturated rings. The van der Waals surface area contributed by atoms with E-state index >= 15 is 0 Å². The molecule has 3 N–H and O–H groups in total. The molecule has 23 heavy (non-hydrogen) atoms. The fraction of sp³-hybridized carbons (Fsp3) is 0.412. The van der Waals surface area contributed by atoms with Crippen molar-refractivity contribution in [3.63, 3.8) is 0 Å². The smallest absolute Gasteiger partial charge is 0.251 e. The van der Waals surface area contributed by atoms with E-state index in [1.54, 1.807) is 0 Å². The van der Waals surface area contributed by atoms with Gasteiger partial charge in [-0.25, -0.2) is 4.68 Å². The Morgan fingerprint density at radius 2 is 2.17 bits per heavy atom. The van der Waals surface area contributed by atoms with Crippen LogP contribution >= 0.6 is 0 Å². The number of hydrogen-bond donors (Lipinski definition) is 3. The average molecular weight is 313 g/mol. The van der Waals surface area contributed by atoms with E-state index in [-0.39, 0.29) is 5.91 Å². The van der Waals surface area contributed by atoms with Crippen LogP contribution in [0.15, 0.2) is 36.5 Å². The fourth-order valence-electron chi connectivity index (χ4n) is 2.78. The van der Waals surface area contributed by atoms with Gasteiger partial charge < -0.3 is 16.0 Å². The summed E-state index contributed by atoms with van der Waals surface area (Å²) >= 11 is 0. The van der Waals surface area contributed by atoms with Crippen LogP contribution in [-0.4, -0.2) is 35.3 Å². The third-order valence-electron chi connectivity index (χ3n) is 4.04. The first-order valence-electron chi connectivity index (χ1n) is 8.10. The van der Waals surface area contributed by atoms with Crippen LogP contribution in [-0.2, 0) is 13.1 Å². The zero-order valence-electron chi connectivity index (χ0n) is 13.4. The number of nitrogens with zero attached hydrogens (tertiary/aromatic N) is 2. The molecule has 1 aliphatic heterocycles. The highest BCUT2D eigenvalue weighted by Gasteiger charge is 2.17. The van der Waals surface area contributed by atoms with E-state index < -0.39 is 0 Å². The summed E-state index contributed by atoms with van der Waals surface area (Å²) < 4.78 is 2.01. The first kappa shape index (κ1) is 15.6. The highest BCUT2D eigenvalue weighted by Crippen LogP contribution is 2.15. The number of hydrogen-bond acceptors (Lipinski definition) is 4. The third kappa shape index (κ3) is 3.90. The molecule has 1 aliphatic rings. The Kier molecular flexibility index (Phi) is 4.92. The normalized spacial score (nSPS) is 16.5. The maximum absolute atomic E-state index is 11.7. The molecule has 122 valence electrons. The highest BCUT2D eigenvalue weighted by atomic mass is 16.1. The third-order valence-corrected chi connectivity index (χ3v) is 4.04. The van der Waals surface area contributed by atoms with Crippen molar-refractivity contribution in [1.29, 1.82) is 0 Å². The number of amides is 1. The predicted octanol–water partition coefficient (Wildman–Crippen LogP) is 1.46. The van der Waals surface area contributed by atoms with E-state index in [4.69, 9.17) is 0 Å². The maximum atomic E-state index is 11.7. The Labute approximate surface area is 136 Å². The zero-order chi connectivity index (χ0) is 16.1. The van der Waals surface area contributed by atoms with Crippen molar-refractivity contribution in [2.45, 2.75) is 20.0 Å².